The summed E-state index contributed by atoms with van der Waals surface area (Å²) in [6.07, 6.45) is 2.04. The van der Waals surface area contributed by atoms with E-state index in [2.05, 4.69) is 31.3 Å². The summed E-state index contributed by atoms with van der Waals surface area (Å²) in [6.45, 7) is 5.14. The van der Waals surface area contributed by atoms with Crippen molar-refractivity contribution in [2.45, 2.75) is 39.3 Å². The Balaban J connectivity index is 1.99. The van der Waals surface area contributed by atoms with Crippen molar-refractivity contribution in [2.24, 2.45) is 0 Å². The second-order valence-corrected chi connectivity index (χ2v) is 5.87. The van der Waals surface area contributed by atoms with Gasteiger partial charge in [-0.3, -0.25) is 0 Å². The van der Waals surface area contributed by atoms with Crippen molar-refractivity contribution in [1.29, 1.82) is 0 Å². The highest BCUT2D eigenvalue weighted by atomic mass is 32.1. The van der Waals surface area contributed by atoms with Gasteiger partial charge in [0.05, 0.1) is 0 Å². The van der Waals surface area contributed by atoms with E-state index in [4.69, 9.17) is 0 Å². The molecule has 2 aromatic rings. The Labute approximate surface area is 118 Å². The molecule has 1 unspecified atom stereocenters. The molecule has 19 heavy (non-hydrogen) atoms. The Bertz CT molecular complexity index is 521. The van der Waals surface area contributed by atoms with Crippen LogP contribution in [-0.4, -0.2) is 0 Å². The van der Waals surface area contributed by atoms with Gasteiger partial charge in [-0.25, -0.2) is 4.39 Å². The molecular weight excluding hydrogens is 257 g/mol. The molecule has 0 radical (unpaired) electrons. The number of aryl methyl sites for hydroxylation is 1. The molecule has 0 spiro atoms. The van der Waals surface area contributed by atoms with E-state index in [1.807, 2.05) is 17.4 Å². The fourth-order valence-electron chi connectivity index (χ4n) is 2.15. The highest BCUT2D eigenvalue weighted by Crippen LogP contribution is 2.21. The number of nitrogens with one attached hydrogen (secondary N) is 1. The molecule has 0 saturated heterocycles. The van der Waals surface area contributed by atoms with Crippen LogP contribution in [0.4, 0.5) is 4.39 Å². The Kier molecular flexibility index (Phi) is 5.11. The van der Waals surface area contributed by atoms with E-state index in [9.17, 15) is 4.39 Å². The first-order valence-corrected chi connectivity index (χ1v) is 7.61. The van der Waals surface area contributed by atoms with Gasteiger partial charge in [-0.2, -0.15) is 0 Å². The van der Waals surface area contributed by atoms with Crippen molar-refractivity contribution in [1.82, 2.24) is 5.32 Å². The second kappa shape index (κ2) is 6.83. The smallest absolute Gasteiger partial charge is 0.123 e. The summed E-state index contributed by atoms with van der Waals surface area (Å²) in [5.74, 6) is -0.165. The minimum atomic E-state index is -0.165. The zero-order valence-electron chi connectivity index (χ0n) is 11.4. The van der Waals surface area contributed by atoms with Gasteiger partial charge in [0, 0.05) is 22.3 Å². The average Bonchev–Trinajstić information content (AvgIpc) is 2.87. The Hall–Kier alpha value is -1.19. The van der Waals surface area contributed by atoms with Crippen molar-refractivity contribution in [3.8, 4) is 0 Å². The van der Waals surface area contributed by atoms with E-state index in [0.29, 0.717) is 0 Å². The van der Waals surface area contributed by atoms with E-state index in [1.165, 1.54) is 15.8 Å². The second-order valence-electron chi connectivity index (χ2n) is 4.62. The maximum absolute atomic E-state index is 13.3. The Morgan fingerprint density at radius 2 is 1.95 bits per heavy atom. The number of benzene rings is 1. The van der Waals surface area contributed by atoms with E-state index >= 15 is 0 Å². The lowest BCUT2D eigenvalue weighted by atomic mass is 10.0. The van der Waals surface area contributed by atoms with Crippen LogP contribution in [0, 0.1) is 5.82 Å². The molecule has 1 aromatic carbocycles. The molecule has 3 heteroatoms. The molecule has 1 N–H and O–H groups in total. The third kappa shape index (κ3) is 3.88. The first-order chi connectivity index (χ1) is 9.22. The summed E-state index contributed by atoms with van der Waals surface area (Å²) >= 11 is 1.85. The monoisotopic (exact) mass is 277 g/mol. The molecule has 0 bridgehead atoms. The quantitative estimate of drug-likeness (QED) is 0.807. The van der Waals surface area contributed by atoms with Gasteiger partial charge in [0.15, 0.2) is 0 Å². The number of halogens is 1. The number of rotatable bonds is 6. The molecule has 0 aliphatic heterocycles. The Morgan fingerprint density at radius 1 is 1.16 bits per heavy atom. The minimum absolute atomic E-state index is 0.165. The molecule has 1 aromatic heterocycles. The topological polar surface area (TPSA) is 12.0 Å². The predicted molar refractivity (Wildman–Crippen MR) is 80.0 cm³/mol. The van der Waals surface area contributed by atoms with Crippen LogP contribution in [0.15, 0.2) is 36.4 Å². The summed E-state index contributed by atoms with van der Waals surface area (Å²) in [7, 11) is 0. The van der Waals surface area contributed by atoms with E-state index in [0.717, 1.165) is 24.9 Å². The van der Waals surface area contributed by atoms with E-state index in [-0.39, 0.29) is 11.9 Å². The molecular formula is C16H20FNS. The third-order valence-corrected chi connectivity index (χ3v) is 4.48. The molecule has 0 aliphatic carbocycles. The average molecular weight is 277 g/mol. The van der Waals surface area contributed by atoms with Crippen molar-refractivity contribution in [3.63, 3.8) is 0 Å². The number of hydrogen-bond donors (Lipinski definition) is 1. The van der Waals surface area contributed by atoms with Gasteiger partial charge in [0.1, 0.15) is 5.82 Å². The largest absolute Gasteiger partial charge is 0.305 e. The molecule has 0 amide bonds. The van der Waals surface area contributed by atoms with Crippen LogP contribution < -0.4 is 5.32 Å². The maximum atomic E-state index is 13.3. The molecule has 102 valence electrons. The summed E-state index contributed by atoms with van der Waals surface area (Å²) in [6, 6.07) is 11.4. The molecule has 0 fully saturated rings. The fraction of sp³-hybridized carbons (Fsp3) is 0.375. The standard InChI is InChI=1S/C16H20FNS/c1-3-14-8-9-15(19-14)11-18-16(4-2)12-6-5-7-13(17)10-12/h5-10,16,18H,3-4,11H2,1-2H3. The van der Waals surface area contributed by atoms with Gasteiger partial charge in [-0.15, -0.1) is 11.3 Å². The first kappa shape index (κ1) is 14.2. The predicted octanol–water partition coefficient (Wildman–Crippen LogP) is 4.69. The van der Waals surface area contributed by atoms with Crippen molar-refractivity contribution < 1.29 is 4.39 Å². The normalized spacial score (nSPS) is 12.6. The van der Waals surface area contributed by atoms with Crippen LogP contribution >= 0.6 is 11.3 Å². The SMILES string of the molecule is CCc1ccc(CNC(CC)c2cccc(F)c2)s1. The lowest BCUT2D eigenvalue weighted by molar-refractivity contribution is 0.517. The van der Waals surface area contributed by atoms with Crippen LogP contribution in [0.1, 0.15) is 41.6 Å². The maximum Gasteiger partial charge on any atom is 0.123 e. The highest BCUT2D eigenvalue weighted by molar-refractivity contribution is 7.11. The Morgan fingerprint density at radius 3 is 2.58 bits per heavy atom. The lowest BCUT2D eigenvalue weighted by Crippen LogP contribution is -2.19. The van der Waals surface area contributed by atoms with Crippen LogP contribution in [0.25, 0.3) is 0 Å². The van der Waals surface area contributed by atoms with Crippen LogP contribution in [0.5, 0.6) is 0 Å². The molecule has 1 nitrogen and oxygen atoms in total. The van der Waals surface area contributed by atoms with Gasteiger partial charge in [-0.05, 0) is 42.7 Å². The van der Waals surface area contributed by atoms with Crippen molar-refractivity contribution >= 4 is 11.3 Å². The van der Waals surface area contributed by atoms with E-state index < -0.39 is 0 Å². The number of hydrogen-bond acceptors (Lipinski definition) is 2. The van der Waals surface area contributed by atoms with Gasteiger partial charge in [0.2, 0.25) is 0 Å². The molecule has 0 aliphatic rings. The third-order valence-electron chi connectivity index (χ3n) is 3.25. The highest BCUT2D eigenvalue weighted by Gasteiger charge is 2.10. The summed E-state index contributed by atoms with van der Waals surface area (Å²) in [5.41, 5.74) is 1.02. The number of thiophene rings is 1. The van der Waals surface area contributed by atoms with Gasteiger partial charge >= 0.3 is 0 Å². The molecule has 1 heterocycles. The zero-order valence-corrected chi connectivity index (χ0v) is 12.3. The molecule has 0 saturated carbocycles. The summed E-state index contributed by atoms with van der Waals surface area (Å²) < 4.78 is 13.3. The van der Waals surface area contributed by atoms with Gasteiger partial charge < -0.3 is 5.32 Å². The van der Waals surface area contributed by atoms with Gasteiger partial charge in [-0.1, -0.05) is 26.0 Å². The van der Waals surface area contributed by atoms with Crippen LogP contribution in [0.2, 0.25) is 0 Å². The van der Waals surface area contributed by atoms with Crippen LogP contribution in [-0.2, 0) is 13.0 Å². The van der Waals surface area contributed by atoms with Crippen molar-refractivity contribution in [2.75, 3.05) is 0 Å². The van der Waals surface area contributed by atoms with Crippen molar-refractivity contribution in [3.05, 3.63) is 57.5 Å². The van der Waals surface area contributed by atoms with Gasteiger partial charge in [0.25, 0.3) is 0 Å². The molecule has 1 atom stereocenters. The summed E-state index contributed by atoms with van der Waals surface area (Å²) in [4.78, 5) is 2.75. The van der Waals surface area contributed by atoms with E-state index in [1.54, 1.807) is 12.1 Å². The summed E-state index contributed by atoms with van der Waals surface area (Å²) in [5, 5.41) is 3.51. The lowest BCUT2D eigenvalue weighted by Gasteiger charge is -2.17. The zero-order chi connectivity index (χ0) is 13.7. The molecule has 2 rings (SSSR count). The van der Waals surface area contributed by atoms with Crippen LogP contribution in [0.3, 0.4) is 0 Å². The minimum Gasteiger partial charge on any atom is -0.305 e. The fourth-order valence-corrected chi connectivity index (χ4v) is 3.06. The first-order valence-electron chi connectivity index (χ1n) is 6.79.